The van der Waals surface area contributed by atoms with Crippen molar-refractivity contribution in [1.29, 1.82) is 0 Å². The van der Waals surface area contributed by atoms with E-state index in [1.807, 2.05) is 6.07 Å². The number of anilines is 2. The van der Waals surface area contributed by atoms with Crippen molar-refractivity contribution in [3.05, 3.63) is 64.2 Å². The summed E-state index contributed by atoms with van der Waals surface area (Å²) in [6, 6.07) is 13.0. The maximum Gasteiger partial charge on any atom is 0.338 e. The first kappa shape index (κ1) is 20.3. The number of likely N-dealkylation sites (tertiary alicyclic amines) is 1. The molecule has 2 aromatic carbocycles. The SMILES string of the molecule is C[C@@H]1CCCN(C(=O)COC(=O)c2ccc(Nc3ccccc3)c([N+](=O)[O-])c2)C1. The van der Waals surface area contributed by atoms with Crippen LogP contribution in [0.1, 0.15) is 30.1 Å². The Hall–Kier alpha value is -3.42. The Morgan fingerprint density at radius 1 is 1.24 bits per heavy atom. The number of para-hydroxylation sites is 1. The Kier molecular flexibility index (Phi) is 6.43. The van der Waals surface area contributed by atoms with E-state index in [0.717, 1.165) is 18.9 Å². The molecule has 1 saturated heterocycles. The molecule has 152 valence electrons. The van der Waals surface area contributed by atoms with Gasteiger partial charge in [0.15, 0.2) is 6.61 Å². The average molecular weight is 397 g/mol. The number of nitrogens with one attached hydrogen (secondary N) is 1. The largest absolute Gasteiger partial charge is 0.452 e. The number of amides is 1. The van der Waals surface area contributed by atoms with Crippen LogP contribution in [0.3, 0.4) is 0 Å². The molecule has 0 aromatic heterocycles. The van der Waals surface area contributed by atoms with E-state index in [-0.39, 0.29) is 29.5 Å². The summed E-state index contributed by atoms with van der Waals surface area (Å²) in [5.74, 6) is -0.588. The first-order valence-electron chi connectivity index (χ1n) is 9.49. The normalized spacial score (nSPS) is 16.2. The summed E-state index contributed by atoms with van der Waals surface area (Å²) in [4.78, 5) is 37.1. The molecular weight excluding hydrogens is 374 g/mol. The molecule has 0 aliphatic carbocycles. The van der Waals surface area contributed by atoms with Gasteiger partial charge in [-0.1, -0.05) is 25.1 Å². The van der Waals surface area contributed by atoms with Crippen molar-refractivity contribution in [3.8, 4) is 0 Å². The molecule has 8 nitrogen and oxygen atoms in total. The van der Waals surface area contributed by atoms with Gasteiger partial charge >= 0.3 is 5.97 Å². The fourth-order valence-electron chi connectivity index (χ4n) is 3.31. The van der Waals surface area contributed by atoms with E-state index in [2.05, 4.69) is 12.2 Å². The first-order valence-corrected chi connectivity index (χ1v) is 9.49. The number of rotatable bonds is 6. The molecule has 1 aliphatic rings. The van der Waals surface area contributed by atoms with Crippen LogP contribution in [0.15, 0.2) is 48.5 Å². The molecule has 1 heterocycles. The number of nitro groups is 1. The fourth-order valence-corrected chi connectivity index (χ4v) is 3.31. The van der Waals surface area contributed by atoms with Crippen molar-refractivity contribution in [1.82, 2.24) is 4.90 Å². The Bertz CT molecular complexity index is 900. The van der Waals surface area contributed by atoms with Crippen LogP contribution in [0.5, 0.6) is 0 Å². The molecule has 29 heavy (non-hydrogen) atoms. The quantitative estimate of drug-likeness (QED) is 0.452. The zero-order chi connectivity index (χ0) is 20.8. The van der Waals surface area contributed by atoms with Crippen LogP contribution in [0.25, 0.3) is 0 Å². The van der Waals surface area contributed by atoms with Crippen LogP contribution in [-0.2, 0) is 9.53 Å². The second kappa shape index (κ2) is 9.18. The number of nitro benzene ring substituents is 1. The number of carbonyl (C=O) groups is 2. The van der Waals surface area contributed by atoms with E-state index in [1.165, 1.54) is 12.1 Å². The lowest BCUT2D eigenvalue weighted by atomic mass is 10.0. The van der Waals surface area contributed by atoms with E-state index >= 15 is 0 Å². The Labute approximate surface area is 168 Å². The molecule has 0 unspecified atom stereocenters. The van der Waals surface area contributed by atoms with Crippen molar-refractivity contribution in [2.75, 3.05) is 25.0 Å². The van der Waals surface area contributed by atoms with Gasteiger partial charge in [0.2, 0.25) is 0 Å². The number of esters is 1. The highest BCUT2D eigenvalue weighted by molar-refractivity contribution is 5.93. The van der Waals surface area contributed by atoms with E-state index in [0.29, 0.717) is 24.7 Å². The van der Waals surface area contributed by atoms with Crippen LogP contribution >= 0.6 is 0 Å². The molecule has 0 bridgehead atoms. The zero-order valence-corrected chi connectivity index (χ0v) is 16.2. The third-order valence-corrected chi connectivity index (χ3v) is 4.82. The molecule has 8 heteroatoms. The molecule has 0 radical (unpaired) electrons. The Morgan fingerprint density at radius 2 is 2.00 bits per heavy atom. The summed E-state index contributed by atoms with van der Waals surface area (Å²) in [6.45, 7) is 3.02. The third kappa shape index (κ3) is 5.31. The molecule has 1 amide bonds. The molecule has 1 N–H and O–H groups in total. The van der Waals surface area contributed by atoms with Crippen LogP contribution in [0.2, 0.25) is 0 Å². The summed E-state index contributed by atoms with van der Waals surface area (Å²) in [5.41, 5.74) is 0.720. The number of ether oxygens (including phenoxy) is 1. The minimum absolute atomic E-state index is 0.0233. The number of carbonyl (C=O) groups excluding carboxylic acids is 2. The van der Waals surface area contributed by atoms with Gasteiger partial charge in [0.1, 0.15) is 5.69 Å². The summed E-state index contributed by atoms with van der Waals surface area (Å²) in [6.07, 6.45) is 2.01. The molecule has 1 aliphatic heterocycles. The predicted octanol–water partition coefficient (Wildman–Crippen LogP) is 3.75. The molecule has 3 rings (SSSR count). The summed E-state index contributed by atoms with van der Waals surface area (Å²) >= 11 is 0. The maximum atomic E-state index is 12.3. The fraction of sp³-hybridized carbons (Fsp3) is 0.333. The van der Waals surface area contributed by atoms with Crippen molar-refractivity contribution < 1.29 is 19.2 Å². The smallest absolute Gasteiger partial charge is 0.338 e. The third-order valence-electron chi connectivity index (χ3n) is 4.82. The molecule has 2 aromatic rings. The Morgan fingerprint density at radius 3 is 2.69 bits per heavy atom. The van der Waals surface area contributed by atoms with Gasteiger partial charge in [0.05, 0.1) is 10.5 Å². The highest BCUT2D eigenvalue weighted by atomic mass is 16.6. The van der Waals surface area contributed by atoms with Gasteiger partial charge < -0.3 is 15.0 Å². The highest BCUT2D eigenvalue weighted by Crippen LogP contribution is 2.29. The highest BCUT2D eigenvalue weighted by Gasteiger charge is 2.23. The molecular formula is C21H23N3O5. The molecule has 0 saturated carbocycles. The number of hydrogen-bond acceptors (Lipinski definition) is 6. The van der Waals surface area contributed by atoms with E-state index in [9.17, 15) is 19.7 Å². The Balaban J connectivity index is 1.66. The second-order valence-electron chi connectivity index (χ2n) is 7.14. The van der Waals surface area contributed by atoms with Crippen molar-refractivity contribution in [3.63, 3.8) is 0 Å². The van der Waals surface area contributed by atoms with Crippen molar-refractivity contribution in [2.24, 2.45) is 5.92 Å². The lowest BCUT2D eigenvalue weighted by Crippen LogP contribution is -2.41. The first-order chi connectivity index (χ1) is 13.9. The van der Waals surface area contributed by atoms with Gasteiger partial charge in [0, 0.05) is 24.8 Å². The van der Waals surface area contributed by atoms with Gasteiger partial charge in [-0.3, -0.25) is 14.9 Å². The second-order valence-corrected chi connectivity index (χ2v) is 7.14. The predicted molar refractivity (Wildman–Crippen MR) is 108 cm³/mol. The van der Waals surface area contributed by atoms with Crippen LogP contribution < -0.4 is 5.32 Å². The number of benzene rings is 2. The van der Waals surface area contributed by atoms with Gasteiger partial charge in [-0.2, -0.15) is 0 Å². The topological polar surface area (TPSA) is 102 Å². The summed E-state index contributed by atoms with van der Waals surface area (Å²) in [7, 11) is 0. The average Bonchev–Trinajstić information content (AvgIpc) is 2.72. The minimum Gasteiger partial charge on any atom is -0.452 e. The van der Waals surface area contributed by atoms with Gasteiger partial charge in [-0.25, -0.2) is 4.79 Å². The van der Waals surface area contributed by atoms with Gasteiger partial charge in [-0.05, 0) is 43.0 Å². The number of hydrogen-bond donors (Lipinski definition) is 1. The number of nitrogens with zero attached hydrogens (tertiary/aromatic N) is 2. The molecule has 1 atom stereocenters. The summed E-state index contributed by atoms with van der Waals surface area (Å²) in [5, 5.41) is 14.4. The number of piperidine rings is 1. The lowest BCUT2D eigenvalue weighted by Gasteiger charge is -2.30. The minimum atomic E-state index is -0.766. The van der Waals surface area contributed by atoms with Crippen molar-refractivity contribution >= 4 is 28.9 Å². The summed E-state index contributed by atoms with van der Waals surface area (Å²) < 4.78 is 5.10. The molecule has 1 fully saturated rings. The van der Waals surface area contributed by atoms with E-state index < -0.39 is 10.9 Å². The van der Waals surface area contributed by atoms with E-state index in [1.54, 1.807) is 29.2 Å². The van der Waals surface area contributed by atoms with Crippen LogP contribution in [0, 0.1) is 16.0 Å². The van der Waals surface area contributed by atoms with Crippen molar-refractivity contribution in [2.45, 2.75) is 19.8 Å². The lowest BCUT2D eigenvalue weighted by molar-refractivity contribution is -0.383. The monoisotopic (exact) mass is 397 g/mol. The van der Waals surface area contributed by atoms with Gasteiger partial charge in [-0.15, -0.1) is 0 Å². The van der Waals surface area contributed by atoms with Gasteiger partial charge in [0.25, 0.3) is 11.6 Å². The standard InChI is InChI=1S/C21H23N3O5/c1-15-6-5-11-23(13-15)20(25)14-29-21(26)16-9-10-18(19(12-16)24(27)28)22-17-7-3-2-4-8-17/h2-4,7-10,12,15,22H,5-6,11,13-14H2,1H3/t15-/m1/s1. The maximum absolute atomic E-state index is 12.3. The van der Waals surface area contributed by atoms with Crippen LogP contribution in [-0.4, -0.2) is 41.4 Å². The van der Waals surface area contributed by atoms with Crippen LogP contribution in [0.4, 0.5) is 17.1 Å². The van der Waals surface area contributed by atoms with E-state index in [4.69, 9.17) is 4.74 Å². The zero-order valence-electron chi connectivity index (χ0n) is 16.2. The molecule has 0 spiro atoms.